The third-order valence-electron chi connectivity index (χ3n) is 5.40. The fraction of sp³-hybridized carbons (Fsp3) is 0.435. The zero-order valence-corrected chi connectivity index (χ0v) is 19.9. The molecular weight excluding hydrogens is 467 g/mol. The van der Waals surface area contributed by atoms with Crippen LogP contribution < -0.4 is 11.1 Å². The Kier molecular flexibility index (Phi) is 6.32. The molecular formula is C23H26F3N5O2S. The fourth-order valence-electron chi connectivity index (χ4n) is 3.83. The monoisotopic (exact) mass is 493 g/mol. The number of pyridine rings is 1. The Labute approximate surface area is 199 Å². The number of rotatable bonds is 4. The number of nitrogen functional groups attached to an aromatic ring is 1. The number of hydrogen-bond donors (Lipinski definition) is 2. The van der Waals surface area contributed by atoms with Crippen molar-refractivity contribution in [3.8, 4) is 11.1 Å². The first-order valence-electron chi connectivity index (χ1n) is 10.9. The van der Waals surface area contributed by atoms with Gasteiger partial charge in [0.2, 0.25) is 0 Å². The van der Waals surface area contributed by atoms with Crippen LogP contribution in [-0.4, -0.2) is 46.2 Å². The zero-order chi connectivity index (χ0) is 24.7. The Balaban J connectivity index is 1.54. The molecule has 0 radical (unpaired) electrons. The van der Waals surface area contributed by atoms with Crippen molar-refractivity contribution in [1.29, 1.82) is 0 Å². The van der Waals surface area contributed by atoms with Gasteiger partial charge in [0.1, 0.15) is 17.1 Å². The average Bonchev–Trinajstić information content (AvgIpc) is 3.35. The SMILES string of the molecule is CC(C)(C)OC(=O)N1CCC(CNc2nc(C(F)(F)F)ccc2-c2ccc3sc(N)nc3c2)C1. The Hall–Kier alpha value is -3.08. The first kappa shape index (κ1) is 24.1. The molecule has 1 fully saturated rings. The zero-order valence-electron chi connectivity index (χ0n) is 19.1. The second-order valence-corrected chi connectivity index (χ2v) is 10.3. The number of nitrogens with two attached hydrogens (primary N) is 1. The quantitative estimate of drug-likeness (QED) is 0.489. The molecule has 7 nitrogen and oxygen atoms in total. The molecule has 0 bridgehead atoms. The van der Waals surface area contributed by atoms with Crippen molar-refractivity contribution in [3.63, 3.8) is 0 Å². The molecule has 3 N–H and O–H groups in total. The van der Waals surface area contributed by atoms with Crippen molar-refractivity contribution in [2.75, 3.05) is 30.7 Å². The summed E-state index contributed by atoms with van der Waals surface area (Å²) in [5.41, 5.74) is 6.11. The maximum Gasteiger partial charge on any atom is 0.433 e. The second-order valence-electron chi connectivity index (χ2n) is 9.29. The van der Waals surface area contributed by atoms with Crippen LogP contribution in [0.4, 0.5) is 28.9 Å². The van der Waals surface area contributed by atoms with Crippen LogP contribution in [0.3, 0.4) is 0 Å². The fourth-order valence-corrected chi connectivity index (χ4v) is 4.54. The molecule has 1 saturated heterocycles. The molecule has 0 aliphatic carbocycles. The van der Waals surface area contributed by atoms with E-state index in [-0.39, 0.29) is 17.8 Å². The van der Waals surface area contributed by atoms with Crippen molar-refractivity contribution in [2.24, 2.45) is 5.92 Å². The molecule has 2 aromatic heterocycles. The summed E-state index contributed by atoms with van der Waals surface area (Å²) in [5.74, 6) is 0.186. The summed E-state index contributed by atoms with van der Waals surface area (Å²) in [5, 5.41) is 3.52. The van der Waals surface area contributed by atoms with E-state index in [2.05, 4.69) is 15.3 Å². The highest BCUT2D eigenvalue weighted by Gasteiger charge is 2.34. The van der Waals surface area contributed by atoms with Gasteiger partial charge in [-0.1, -0.05) is 17.4 Å². The molecule has 34 heavy (non-hydrogen) atoms. The van der Waals surface area contributed by atoms with Crippen molar-refractivity contribution in [1.82, 2.24) is 14.9 Å². The molecule has 0 spiro atoms. The van der Waals surface area contributed by atoms with Crippen LogP contribution in [0, 0.1) is 5.92 Å². The van der Waals surface area contributed by atoms with Gasteiger partial charge in [-0.25, -0.2) is 14.8 Å². The summed E-state index contributed by atoms with van der Waals surface area (Å²) in [6.07, 6.45) is -4.24. The van der Waals surface area contributed by atoms with Crippen LogP contribution >= 0.6 is 11.3 Å². The standard InChI is InChI=1S/C23H26F3N5O2S/c1-22(2,3)33-21(32)31-9-8-13(12-31)11-28-19-15(5-7-18(30-19)23(24,25)26)14-4-6-17-16(10-14)29-20(27)34-17/h4-7,10,13H,8-9,11-12H2,1-3H3,(H2,27,29)(H,28,30). The molecule has 1 aliphatic heterocycles. The summed E-state index contributed by atoms with van der Waals surface area (Å²) >= 11 is 1.34. The summed E-state index contributed by atoms with van der Waals surface area (Å²) in [6.45, 7) is 6.77. The minimum Gasteiger partial charge on any atom is -0.444 e. The van der Waals surface area contributed by atoms with Crippen molar-refractivity contribution >= 4 is 38.6 Å². The van der Waals surface area contributed by atoms with Crippen LogP contribution in [0.15, 0.2) is 30.3 Å². The van der Waals surface area contributed by atoms with Crippen LogP contribution in [-0.2, 0) is 10.9 Å². The van der Waals surface area contributed by atoms with E-state index in [0.29, 0.717) is 47.8 Å². The summed E-state index contributed by atoms with van der Waals surface area (Å²) in [7, 11) is 0. The normalized spacial score (nSPS) is 16.8. The lowest BCUT2D eigenvalue weighted by Crippen LogP contribution is -2.35. The number of nitrogens with zero attached hydrogens (tertiary/aromatic N) is 3. The molecule has 1 aliphatic rings. The number of fused-ring (bicyclic) bond motifs is 1. The van der Waals surface area contributed by atoms with Gasteiger partial charge in [0.05, 0.1) is 10.2 Å². The van der Waals surface area contributed by atoms with Gasteiger partial charge >= 0.3 is 12.3 Å². The number of carbonyl (C=O) groups excluding carboxylic acids is 1. The predicted molar refractivity (Wildman–Crippen MR) is 127 cm³/mol. The molecule has 0 saturated carbocycles. The van der Waals surface area contributed by atoms with Crippen LogP contribution in [0.2, 0.25) is 0 Å². The molecule has 1 amide bonds. The van der Waals surface area contributed by atoms with Gasteiger partial charge in [-0.05, 0) is 62.9 Å². The molecule has 3 heterocycles. The number of anilines is 2. The van der Waals surface area contributed by atoms with E-state index in [1.54, 1.807) is 31.7 Å². The second kappa shape index (κ2) is 8.94. The lowest BCUT2D eigenvalue weighted by Gasteiger charge is -2.24. The number of alkyl halides is 3. The van der Waals surface area contributed by atoms with Gasteiger partial charge in [0, 0.05) is 25.2 Å². The van der Waals surface area contributed by atoms with Crippen LogP contribution in [0.1, 0.15) is 32.9 Å². The number of likely N-dealkylation sites (tertiary alicyclic amines) is 1. The Morgan fingerprint density at radius 1 is 1.24 bits per heavy atom. The highest BCUT2D eigenvalue weighted by atomic mass is 32.1. The topological polar surface area (TPSA) is 93.4 Å². The molecule has 1 aromatic carbocycles. The molecule has 1 unspecified atom stereocenters. The van der Waals surface area contributed by atoms with Gasteiger partial charge < -0.3 is 20.7 Å². The van der Waals surface area contributed by atoms with Gasteiger partial charge in [-0.2, -0.15) is 13.2 Å². The van der Waals surface area contributed by atoms with Gasteiger partial charge in [-0.15, -0.1) is 0 Å². The number of carbonyl (C=O) groups is 1. The van der Waals surface area contributed by atoms with Gasteiger partial charge in [0.25, 0.3) is 0 Å². The first-order chi connectivity index (χ1) is 15.9. The van der Waals surface area contributed by atoms with Gasteiger partial charge in [-0.3, -0.25) is 0 Å². The van der Waals surface area contributed by atoms with E-state index in [1.807, 2.05) is 12.1 Å². The summed E-state index contributed by atoms with van der Waals surface area (Å²) < 4.78 is 46.4. The highest BCUT2D eigenvalue weighted by molar-refractivity contribution is 7.22. The number of thiazole rings is 1. The number of nitrogens with one attached hydrogen (secondary N) is 1. The third kappa shape index (κ3) is 5.52. The third-order valence-corrected chi connectivity index (χ3v) is 6.26. The first-order valence-corrected chi connectivity index (χ1v) is 11.7. The average molecular weight is 494 g/mol. The van der Waals surface area contributed by atoms with E-state index in [0.717, 1.165) is 10.8 Å². The maximum absolute atomic E-state index is 13.4. The molecule has 182 valence electrons. The lowest BCUT2D eigenvalue weighted by molar-refractivity contribution is -0.141. The van der Waals surface area contributed by atoms with E-state index in [4.69, 9.17) is 10.5 Å². The highest BCUT2D eigenvalue weighted by Crippen LogP contribution is 2.35. The predicted octanol–water partition coefficient (Wildman–Crippen LogP) is 5.63. The minimum absolute atomic E-state index is 0.0533. The Morgan fingerprint density at radius 3 is 2.71 bits per heavy atom. The Bertz CT molecular complexity index is 1210. The van der Waals surface area contributed by atoms with Gasteiger partial charge in [0.15, 0.2) is 5.13 Å². The van der Waals surface area contributed by atoms with Crippen LogP contribution in [0.25, 0.3) is 21.3 Å². The van der Waals surface area contributed by atoms with E-state index in [1.165, 1.54) is 17.4 Å². The number of aromatic nitrogens is 2. The largest absolute Gasteiger partial charge is 0.444 e. The molecule has 1 atom stereocenters. The smallest absolute Gasteiger partial charge is 0.433 e. The number of ether oxygens (including phenoxy) is 1. The lowest BCUT2D eigenvalue weighted by atomic mass is 10.0. The summed E-state index contributed by atoms with van der Waals surface area (Å²) in [4.78, 5) is 22.1. The number of benzene rings is 1. The van der Waals surface area contributed by atoms with Crippen molar-refractivity contribution in [3.05, 3.63) is 36.0 Å². The van der Waals surface area contributed by atoms with E-state index in [9.17, 15) is 18.0 Å². The van der Waals surface area contributed by atoms with Crippen molar-refractivity contribution in [2.45, 2.75) is 39.0 Å². The van der Waals surface area contributed by atoms with E-state index >= 15 is 0 Å². The maximum atomic E-state index is 13.4. The summed E-state index contributed by atoms with van der Waals surface area (Å²) in [6, 6.07) is 7.83. The molecule has 3 aromatic rings. The minimum atomic E-state index is -4.57. The van der Waals surface area contributed by atoms with Crippen molar-refractivity contribution < 1.29 is 22.7 Å². The number of amides is 1. The van der Waals surface area contributed by atoms with Crippen LogP contribution in [0.5, 0.6) is 0 Å². The van der Waals surface area contributed by atoms with E-state index < -0.39 is 17.5 Å². The number of halogens is 3. The number of hydrogen-bond acceptors (Lipinski definition) is 7. The Morgan fingerprint density at radius 2 is 2.00 bits per heavy atom. The molecule has 4 rings (SSSR count). The molecule has 11 heteroatoms.